The van der Waals surface area contributed by atoms with Crippen molar-refractivity contribution >= 4 is 28.9 Å². The predicted octanol–water partition coefficient (Wildman–Crippen LogP) is 4.98. The van der Waals surface area contributed by atoms with Crippen LogP contribution < -0.4 is 10.2 Å². The second kappa shape index (κ2) is 9.94. The molecule has 0 unspecified atom stereocenters. The fourth-order valence-electron chi connectivity index (χ4n) is 3.78. The van der Waals surface area contributed by atoms with Crippen molar-refractivity contribution in [1.82, 2.24) is 4.90 Å². The maximum atomic E-state index is 13.9. The zero-order valence-corrected chi connectivity index (χ0v) is 18.0. The van der Waals surface area contributed by atoms with Crippen molar-refractivity contribution in [3.8, 4) is 0 Å². The average Bonchev–Trinajstić information content (AvgIpc) is 2.78. The minimum Gasteiger partial charge on any atom is -0.369 e. The van der Waals surface area contributed by atoms with E-state index in [0.29, 0.717) is 18.0 Å². The number of nitrogens with one attached hydrogen (secondary N) is 1. The van der Waals surface area contributed by atoms with Crippen molar-refractivity contribution in [3.63, 3.8) is 0 Å². The zero-order chi connectivity index (χ0) is 21.6. The number of anilines is 2. The number of carbonyl (C=O) groups is 1. The molecule has 0 saturated carbocycles. The van der Waals surface area contributed by atoms with E-state index in [9.17, 15) is 9.18 Å². The summed E-state index contributed by atoms with van der Waals surface area (Å²) in [7, 11) is 0. The van der Waals surface area contributed by atoms with Gasteiger partial charge in [-0.2, -0.15) is 0 Å². The molecule has 1 amide bonds. The fourth-order valence-corrected chi connectivity index (χ4v) is 3.91. The number of nitrogens with zero attached hydrogens (tertiary/aromatic N) is 2. The summed E-state index contributed by atoms with van der Waals surface area (Å²) in [6.07, 6.45) is 0.308. The Balaban J connectivity index is 1.27. The van der Waals surface area contributed by atoms with Crippen LogP contribution in [-0.4, -0.2) is 37.0 Å². The van der Waals surface area contributed by atoms with Crippen LogP contribution in [0.1, 0.15) is 11.1 Å². The van der Waals surface area contributed by atoms with E-state index in [2.05, 4.69) is 15.1 Å². The molecular formula is C25H25ClFN3O. The van der Waals surface area contributed by atoms with Crippen LogP contribution >= 0.6 is 11.6 Å². The molecule has 4 rings (SSSR count). The van der Waals surface area contributed by atoms with Gasteiger partial charge in [-0.25, -0.2) is 4.39 Å². The lowest BCUT2D eigenvalue weighted by Gasteiger charge is -2.36. The highest BCUT2D eigenvalue weighted by Crippen LogP contribution is 2.21. The monoisotopic (exact) mass is 437 g/mol. The molecule has 3 aromatic rings. The number of benzene rings is 3. The molecule has 1 heterocycles. The summed E-state index contributed by atoms with van der Waals surface area (Å²) >= 11 is 5.89. The van der Waals surface area contributed by atoms with Gasteiger partial charge in [-0.1, -0.05) is 41.9 Å². The van der Waals surface area contributed by atoms with Gasteiger partial charge >= 0.3 is 0 Å². The molecule has 160 valence electrons. The molecule has 31 heavy (non-hydrogen) atoms. The predicted molar refractivity (Wildman–Crippen MR) is 124 cm³/mol. The Morgan fingerprint density at radius 2 is 1.58 bits per heavy atom. The van der Waals surface area contributed by atoms with Gasteiger partial charge in [-0.3, -0.25) is 9.69 Å². The van der Waals surface area contributed by atoms with Crippen molar-refractivity contribution in [3.05, 3.63) is 94.8 Å². The summed E-state index contributed by atoms with van der Waals surface area (Å²) in [6, 6.07) is 22.2. The number of rotatable bonds is 6. The SMILES string of the molecule is O=C(Cc1ccc(Cl)cc1)Nc1ccc(N2CCN(Cc3ccccc3F)CC2)cc1. The Bertz CT molecular complexity index is 1020. The highest BCUT2D eigenvalue weighted by molar-refractivity contribution is 6.30. The van der Waals surface area contributed by atoms with Crippen LogP contribution in [0.4, 0.5) is 15.8 Å². The van der Waals surface area contributed by atoms with Crippen LogP contribution in [0.25, 0.3) is 0 Å². The summed E-state index contributed by atoms with van der Waals surface area (Å²) in [4.78, 5) is 16.9. The quantitative estimate of drug-likeness (QED) is 0.590. The molecule has 0 aliphatic carbocycles. The highest BCUT2D eigenvalue weighted by Gasteiger charge is 2.18. The summed E-state index contributed by atoms with van der Waals surface area (Å²) < 4.78 is 13.9. The minimum atomic E-state index is -0.140. The third kappa shape index (κ3) is 5.84. The van der Waals surface area contributed by atoms with Gasteiger partial charge in [0.2, 0.25) is 5.91 Å². The van der Waals surface area contributed by atoms with Crippen LogP contribution in [-0.2, 0) is 17.8 Å². The van der Waals surface area contributed by atoms with Gasteiger partial charge in [0.15, 0.2) is 0 Å². The molecule has 3 aromatic carbocycles. The summed E-state index contributed by atoms with van der Waals surface area (Å²) in [5, 5.41) is 3.60. The van der Waals surface area contributed by atoms with Gasteiger partial charge in [0.25, 0.3) is 0 Å². The van der Waals surface area contributed by atoms with E-state index in [4.69, 9.17) is 11.6 Å². The first-order chi connectivity index (χ1) is 15.1. The van der Waals surface area contributed by atoms with Crippen molar-refractivity contribution < 1.29 is 9.18 Å². The van der Waals surface area contributed by atoms with Gasteiger partial charge < -0.3 is 10.2 Å². The van der Waals surface area contributed by atoms with Gasteiger partial charge in [0.1, 0.15) is 5.82 Å². The summed E-state index contributed by atoms with van der Waals surface area (Å²) in [6.45, 7) is 4.17. The maximum absolute atomic E-state index is 13.9. The van der Waals surface area contributed by atoms with Gasteiger partial charge in [-0.05, 0) is 48.0 Å². The molecule has 0 atom stereocenters. The maximum Gasteiger partial charge on any atom is 0.228 e. The lowest BCUT2D eigenvalue weighted by molar-refractivity contribution is -0.115. The van der Waals surface area contributed by atoms with Gasteiger partial charge in [0, 0.05) is 54.7 Å². The number of amides is 1. The van der Waals surface area contributed by atoms with Crippen LogP contribution in [0.5, 0.6) is 0 Å². The van der Waals surface area contributed by atoms with E-state index >= 15 is 0 Å². The van der Waals surface area contributed by atoms with Crippen LogP contribution in [0, 0.1) is 5.82 Å². The number of carbonyl (C=O) groups excluding carboxylic acids is 1. The third-order valence-corrected chi connectivity index (χ3v) is 5.77. The first kappa shape index (κ1) is 21.3. The highest BCUT2D eigenvalue weighted by atomic mass is 35.5. The fraction of sp³-hybridized carbons (Fsp3) is 0.240. The second-order valence-corrected chi connectivity index (χ2v) is 8.19. The molecule has 0 spiro atoms. The van der Waals surface area contributed by atoms with E-state index in [0.717, 1.165) is 48.7 Å². The van der Waals surface area contributed by atoms with Gasteiger partial charge in [-0.15, -0.1) is 0 Å². The van der Waals surface area contributed by atoms with Crippen molar-refractivity contribution in [1.29, 1.82) is 0 Å². The Morgan fingerprint density at radius 3 is 2.26 bits per heavy atom. The summed E-state index contributed by atoms with van der Waals surface area (Å²) in [5.41, 5.74) is 3.57. The third-order valence-electron chi connectivity index (χ3n) is 5.52. The normalized spacial score (nSPS) is 14.5. The van der Waals surface area contributed by atoms with Crippen LogP contribution in [0.3, 0.4) is 0 Å². The molecule has 1 fully saturated rings. The van der Waals surface area contributed by atoms with Crippen molar-refractivity contribution in [2.45, 2.75) is 13.0 Å². The lowest BCUT2D eigenvalue weighted by atomic mass is 10.1. The Morgan fingerprint density at radius 1 is 0.903 bits per heavy atom. The summed E-state index contributed by atoms with van der Waals surface area (Å²) in [5.74, 6) is -0.199. The van der Waals surface area contributed by atoms with Crippen LogP contribution in [0.15, 0.2) is 72.8 Å². The molecular weight excluding hydrogens is 413 g/mol. The Kier molecular flexibility index (Phi) is 6.85. The molecule has 0 bridgehead atoms. The molecule has 1 aliphatic rings. The smallest absolute Gasteiger partial charge is 0.228 e. The van der Waals surface area contributed by atoms with E-state index in [-0.39, 0.29) is 11.7 Å². The second-order valence-electron chi connectivity index (χ2n) is 7.75. The van der Waals surface area contributed by atoms with E-state index in [1.807, 2.05) is 48.5 Å². The number of piperazine rings is 1. The zero-order valence-electron chi connectivity index (χ0n) is 17.2. The molecule has 1 saturated heterocycles. The van der Waals surface area contributed by atoms with E-state index in [1.165, 1.54) is 6.07 Å². The van der Waals surface area contributed by atoms with E-state index < -0.39 is 0 Å². The standard InChI is InChI=1S/C25H25ClFN3O/c26-21-7-5-19(6-8-21)17-25(31)28-22-9-11-23(12-10-22)30-15-13-29(14-16-30)18-20-3-1-2-4-24(20)27/h1-12H,13-18H2,(H,28,31). The first-order valence-corrected chi connectivity index (χ1v) is 10.8. The number of halogens is 2. The molecule has 1 N–H and O–H groups in total. The largest absolute Gasteiger partial charge is 0.369 e. The Hall–Kier alpha value is -2.89. The average molecular weight is 438 g/mol. The molecule has 0 radical (unpaired) electrons. The van der Waals surface area contributed by atoms with E-state index in [1.54, 1.807) is 18.2 Å². The Labute approximate surface area is 187 Å². The topological polar surface area (TPSA) is 35.6 Å². The van der Waals surface area contributed by atoms with Crippen LogP contribution in [0.2, 0.25) is 5.02 Å². The number of hydrogen-bond acceptors (Lipinski definition) is 3. The van der Waals surface area contributed by atoms with Crippen molar-refractivity contribution in [2.75, 3.05) is 36.4 Å². The molecule has 0 aromatic heterocycles. The number of hydrogen-bond donors (Lipinski definition) is 1. The molecule has 6 heteroatoms. The molecule has 4 nitrogen and oxygen atoms in total. The van der Waals surface area contributed by atoms with Gasteiger partial charge in [0.05, 0.1) is 6.42 Å². The minimum absolute atomic E-state index is 0.0585. The lowest BCUT2D eigenvalue weighted by Crippen LogP contribution is -2.46. The van der Waals surface area contributed by atoms with Crippen molar-refractivity contribution in [2.24, 2.45) is 0 Å². The molecule has 1 aliphatic heterocycles. The first-order valence-electron chi connectivity index (χ1n) is 10.4.